The molecule has 76 valence electrons. The van der Waals surface area contributed by atoms with Gasteiger partial charge in [-0.1, -0.05) is 41.9 Å². The minimum Gasteiger partial charge on any atom is -0.294 e. The summed E-state index contributed by atoms with van der Waals surface area (Å²) in [7, 11) is 0. The molecule has 0 aliphatic rings. The highest BCUT2D eigenvalue weighted by molar-refractivity contribution is 9.10. The number of Topliss-reactive ketones (excluding diaryl/α,β-unsaturated/α-hetero) is 1. The Morgan fingerprint density at radius 3 is 2.50 bits per heavy atom. The topological polar surface area (TPSA) is 17.1 Å². The van der Waals surface area contributed by atoms with E-state index in [2.05, 4.69) is 29.8 Å². The van der Waals surface area contributed by atoms with Crippen molar-refractivity contribution in [2.24, 2.45) is 5.92 Å². The van der Waals surface area contributed by atoms with E-state index in [1.807, 2.05) is 24.3 Å². The van der Waals surface area contributed by atoms with E-state index in [-0.39, 0.29) is 11.7 Å². The zero-order valence-electron chi connectivity index (χ0n) is 8.59. The SMILES string of the molecule is CCC(CC)C(=O)c1cccc(Br)c1. The van der Waals surface area contributed by atoms with Crippen molar-refractivity contribution in [1.29, 1.82) is 0 Å². The van der Waals surface area contributed by atoms with E-state index in [9.17, 15) is 4.79 Å². The van der Waals surface area contributed by atoms with Crippen LogP contribution in [0.25, 0.3) is 0 Å². The van der Waals surface area contributed by atoms with Gasteiger partial charge in [-0.25, -0.2) is 0 Å². The minimum atomic E-state index is 0.171. The number of halogens is 1. The Balaban J connectivity index is 2.88. The third-order valence-corrected chi connectivity index (χ3v) is 2.96. The van der Waals surface area contributed by atoms with Crippen molar-refractivity contribution in [3.8, 4) is 0 Å². The molecule has 1 nitrogen and oxygen atoms in total. The van der Waals surface area contributed by atoms with Gasteiger partial charge in [-0.3, -0.25) is 4.79 Å². The van der Waals surface area contributed by atoms with E-state index < -0.39 is 0 Å². The molecule has 0 N–H and O–H groups in total. The highest BCUT2D eigenvalue weighted by Gasteiger charge is 2.15. The zero-order valence-corrected chi connectivity index (χ0v) is 10.2. The van der Waals surface area contributed by atoms with Crippen LogP contribution in [0.15, 0.2) is 28.7 Å². The Morgan fingerprint density at radius 2 is 2.00 bits per heavy atom. The Hall–Kier alpha value is -0.630. The number of hydrogen-bond donors (Lipinski definition) is 0. The number of benzene rings is 1. The third kappa shape index (κ3) is 2.68. The first kappa shape index (κ1) is 11.4. The van der Waals surface area contributed by atoms with Crippen LogP contribution < -0.4 is 0 Å². The maximum atomic E-state index is 11.9. The number of ketones is 1. The number of carbonyl (C=O) groups excluding carboxylic acids is 1. The summed E-state index contributed by atoms with van der Waals surface area (Å²) in [6, 6.07) is 7.61. The van der Waals surface area contributed by atoms with Gasteiger partial charge in [-0.2, -0.15) is 0 Å². The third-order valence-electron chi connectivity index (χ3n) is 2.47. The fourth-order valence-electron chi connectivity index (χ4n) is 1.54. The highest BCUT2D eigenvalue weighted by atomic mass is 79.9. The summed E-state index contributed by atoms with van der Waals surface area (Å²) in [6.45, 7) is 4.12. The molecule has 0 radical (unpaired) electrons. The smallest absolute Gasteiger partial charge is 0.165 e. The van der Waals surface area contributed by atoms with Gasteiger partial charge in [0.05, 0.1) is 0 Å². The van der Waals surface area contributed by atoms with Crippen LogP contribution in [-0.4, -0.2) is 5.78 Å². The van der Waals surface area contributed by atoms with E-state index >= 15 is 0 Å². The van der Waals surface area contributed by atoms with E-state index in [0.29, 0.717) is 0 Å². The van der Waals surface area contributed by atoms with Gasteiger partial charge in [-0.05, 0) is 25.0 Å². The highest BCUT2D eigenvalue weighted by Crippen LogP contribution is 2.18. The van der Waals surface area contributed by atoms with Crippen molar-refractivity contribution in [2.45, 2.75) is 26.7 Å². The van der Waals surface area contributed by atoms with Gasteiger partial charge >= 0.3 is 0 Å². The van der Waals surface area contributed by atoms with Crippen LogP contribution in [-0.2, 0) is 0 Å². The molecule has 0 aromatic heterocycles. The van der Waals surface area contributed by atoms with Gasteiger partial charge in [0.25, 0.3) is 0 Å². The fourth-order valence-corrected chi connectivity index (χ4v) is 1.94. The van der Waals surface area contributed by atoms with Gasteiger partial charge < -0.3 is 0 Å². The van der Waals surface area contributed by atoms with E-state index in [4.69, 9.17) is 0 Å². The molecule has 14 heavy (non-hydrogen) atoms. The lowest BCUT2D eigenvalue weighted by molar-refractivity contribution is 0.0913. The van der Waals surface area contributed by atoms with Crippen molar-refractivity contribution in [3.63, 3.8) is 0 Å². The summed E-state index contributed by atoms with van der Waals surface area (Å²) in [4.78, 5) is 11.9. The van der Waals surface area contributed by atoms with Crippen LogP contribution in [0.1, 0.15) is 37.0 Å². The molecule has 0 unspecified atom stereocenters. The molecular weight excluding hydrogens is 240 g/mol. The largest absolute Gasteiger partial charge is 0.294 e. The summed E-state index contributed by atoms with van der Waals surface area (Å²) < 4.78 is 0.967. The van der Waals surface area contributed by atoms with Crippen LogP contribution in [0.2, 0.25) is 0 Å². The summed E-state index contributed by atoms with van der Waals surface area (Å²) in [6.07, 6.45) is 1.84. The second-order valence-corrected chi connectivity index (χ2v) is 4.30. The van der Waals surface area contributed by atoms with Crippen molar-refractivity contribution in [1.82, 2.24) is 0 Å². The average molecular weight is 255 g/mol. The molecule has 0 aliphatic carbocycles. The molecule has 0 spiro atoms. The van der Waals surface area contributed by atoms with Crippen LogP contribution in [0, 0.1) is 5.92 Å². The molecule has 0 saturated carbocycles. The first-order chi connectivity index (χ1) is 6.69. The van der Waals surface area contributed by atoms with Gasteiger partial charge in [0.15, 0.2) is 5.78 Å². The average Bonchev–Trinajstić information content (AvgIpc) is 2.19. The Morgan fingerprint density at radius 1 is 1.36 bits per heavy atom. The molecule has 0 heterocycles. The fraction of sp³-hybridized carbons (Fsp3) is 0.417. The van der Waals surface area contributed by atoms with Crippen LogP contribution in [0.5, 0.6) is 0 Å². The predicted molar refractivity (Wildman–Crippen MR) is 62.5 cm³/mol. The number of rotatable bonds is 4. The molecule has 2 heteroatoms. The molecular formula is C12H15BrO. The van der Waals surface area contributed by atoms with Crippen LogP contribution in [0.4, 0.5) is 0 Å². The zero-order chi connectivity index (χ0) is 10.6. The van der Waals surface area contributed by atoms with Crippen molar-refractivity contribution in [2.75, 3.05) is 0 Å². The van der Waals surface area contributed by atoms with Crippen molar-refractivity contribution >= 4 is 21.7 Å². The summed E-state index contributed by atoms with van der Waals surface area (Å²) in [5, 5.41) is 0. The van der Waals surface area contributed by atoms with E-state index in [1.54, 1.807) is 0 Å². The Bertz CT molecular complexity index is 316. The summed E-state index contributed by atoms with van der Waals surface area (Å²) in [5.74, 6) is 0.431. The van der Waals surface area contributed by atoms with Gasteiger partial charge in [0, 0.05) is 16.0 Å². The van der Waals surface area contributed by atoms with Crippen LogP contribution in [0.3, 0.4) is 0 Å². The Labute approximate surface area is 93.7 Å². The molecule has 0 bridgehead atoms. The molecule has 1 rings (SSSR count). The van der Waals surface area contributed by atoms with Gasteiger partial charge in [-0.15, -0.1) is 0 Å². The standard InChI is InChI=1S/C12H15BrO/c1-3-9(4-2)12(14)10-6-5-7-11(13)8-10/h5-9H,3-4H2,1-2H3. The maximum Gasteiger partial charge on any atom is 0.165 e. The molecule has 0 fully saturated rings. The molecule has 0 saturated heterocycles. The summed E-state index contributed by atoms with van der Waals surface area (Å²) in [5.41, 5.74) is 0.813. The molecule has 0 atom stereocenters. The van der Waals surface area contributed by atoms with Crippen molar-refractivity contribution < 1.29 is 4.79 Å². The Kier molecular flexibility index (Phi) is 4.33. The molecule has 0 aliphatic heterocycles. The van der Waals surface area contributed by atoms with Gasteiger partial charge in [0.2, 0.25) is 0 Å². The second kappa shape index (κ2) is 5.30. The first-order valence-corrected chi connectivity index (χ1v) is 5.78. The normalized spacial score (nSPS) is 10.6. The lowest BCUT2D eigenvalue weighted by Gasteiger charge is -2.10. The minimum absolute atomic E-state index is 0.171. The molecule has 1 aromatic carbocycles. The quantitative estimate of drug-likeness (QED) is 0.741. The predicted octanol–water partition coefficient (Wildman–Crippen LogP) is 4.07. The molecule has 0 amide bonds. The first-order valence-electron chi connectivity index (χ1n) is 4.98. The maximum absolute atomic E-state index is 11.9. The second-order valence-electron chi connectivity index (χ2n) is 3.39. The van der Waals surface area contributed by atoms with Crippen LogP contribution >= 0.6 is 15.9 Å². The van der Waals surface area contributed by atoms with E-state index in [0.717, 1.165) is 22.9 Å². The number of carbonyl (C=O) groups is 1. The molecule has 1 aromatic rings. The number of hydrogen-bond acceptors (Lipinski definition) is 1. The summed E-state index contributed by atoms with van der Waals surface area (Å²) >= 11 is 3.37. The monoisotopic (exact) mass is 254 g/mol. The van der Waals surface area contributed by atoms with E-state index in [1.165, 1.54) is 0 Å². The van der Waals surface area contributed by atoms with Crippen molar-refractivity contribution in [3.05, 3.63) is 34.3 Å². The lowest BCUT2D eigenvalue weighted by Crippen LogP contribution is -2.12. The lowest BCUT2D eigenvalue weighted by atomic mass is 9.93. The van der Waals surface area contributed by atoms with Gasteiger partial charge in [0.1, 0.15) is 0 Å².